The fourth-order valence-corrected chi connectivity index (χ4v) is 3.76. The molecular weight excluding hydrogens is 352 g/mol. The quantitative estimate of drug-likeness (QED) is 0.675. The third-order valence-electron chi connectivity index (χ3n) is 3.65. The first-order valence-electron chi connectivity index (χ1n) is 8.34. The number of nitrogens with one attached hydrogen (secondary N) is 1. The molecule has 136 valence electrons. The van der Waals surface area contributed by atoms with Gasteiger partial charge in [-0.05, 0) is 50.2 Å². The summed E-state index contributed by atoms with van der Waals surface area (Å²) in [5.41, 5.74) is 0.669. The topological polar surface area (TPSA) is 81.4 Å². The van der Waals surface area contributed by atoms with E-state index in [2.05, 4.69) is 10.3 Å². The summed E-state index contributed by atoms with van der Waals surface area (Å²) in [4.78, 5) is 4.44. The standard InChI is InChI=1S/C19H20N2O4S/c1-3-20-18-19(26(22,23)16-8-6-5-7-9-16)21-17(25-18)14-10-12-15(13-11-14)24-4-2/h5-13,20H,3-4H2,1-2H3. The third-order valence-corrected chi connectivity index (χ3v) is 5.33. The molecular formula is C19H20N2O4S. The predicted octanol–water partition coefficient (Wildman–Crippen LogP) is 4.00. The molecule has 0 aliphatic heterocycles. The summed E-state index contributed by atoms with van der Waals surface area (Å²) in [5.74, 6) is 1.10. The van der Waals surface area contributed by atoms with Crippen LogP contribution in [0.3, 0.4) is 0 Å². The molecule has 0 spiro atoms. The number of oxazole rings is 1. The van der Waals surface area contributed by atoms with Crippen molar-refractivity contribution < 1.29 is 17.6 Å². The van der Waals surface area contributed by atoms with Crippen LogP contribution in [0.15, 0.2) is 68.9 Å². The van der Waals surface area contributed by atoms with Crippen LogP contribution >= 0.6 is 0 Å². The molecule has 0 fully saturated rings. The van der Waals surface area contributed by atoms with Crippen LogP contribution in [-0.4, -0.2) is 26.6 Å². The molecule has 0 radical (unpaired) electrons. The first-order chi connectivity index (χ1) is 12.6. The maximum atomic E-state index is 12.9. The number of rotatable bonds is 7. The monoisotopic (exact) mass is 372 g/mol. The first kappa shape index (κ1) is 18.0. The second-order valence-electron chi connectivity index (χ2n) is 5.46. The van der Waals surface area contributed by atoms with Gasteiger partial charge in [0.05, 0.1) is 11.5 Å². The van der Waals surface area contributed by atoms with Crippen molar-refractivity contribution in [2.24, 2.45) is 0 Å². The number of hydrogen-bond acceptors (Lipinski definition) is 6. The highest BCUT2D eigenvalue weighted by Crippen LogP contribution is 2.32. The number of anilines is 1. The molecule has 7 heteroatoms. The summed E-state index contributed by atoms with van der Waals surface area (Å²) in [6.07, 6.45) is 0. The van der Waals surface area contributed by atoms with Gasteiger partial charge in [0.15, 0.2) is 0 Å². The van der Waals surface area contributed by atoms with Gasteiger partial charge in [0.1, 0.15) is 5.75 Å². The number of sulfone groups is 1. The summed E-state index contributed by atoms with van der Waals surface area (Å²) < 4.78 is 37.0. The number of aromatic nitrogens is 1. The molecule has 0 atom stereocenters. The van der Waals surface area contributed by atoms with E-state index in [0.29, 0.717) is 18.7 Å². The molecule has 3 rings (SSSR count). The average Bonchev–Trinajstić information content (AvgIpc) is 3.08. The lowest BCUT2D eigenvalue weighted by atomic mass is 10.2. The van der Waals surface area contributed by atoms with Crippen molar-refractivity contribution in [1.29, 1.82) is 0 Å². The van der Waals surface area contributed by atoms with E-state index >= 15 is 0 Å². The molecule has 0 bridgehead atoms. The fourth-order valence-electron chi connectivity index (χ4n) is 2.46. The van der Waals surface area contributed by atoms with E-state index < -0.39 is 9.84 Å². The Morgan fingerprint density at radius 1 is 1.04 bits per heavy atom. The van der Waals surface area contributed by atoms with Gasteiger partial charge in [-0.1, -0.05) is 18.2 Å². The lowest BCUT2D eigenvalue weighted by molar-refractivity contribution is 0.340. The van der Waals surface area contributed by atoms with Crippen molar-refractivity contribution >= 4 is 15.7 Å². The highest BCUT2D eigenvalue weighted by molar-refractivity contribution is 7.91. The van der Waals surface area contributed by atoms with Gasteiger partial charge in [-0.25, -0.2) is 8.42 Å². The van der Waals surface area contributed by atoms with Gasteiger partial charge in [-0.3, -0.25) is 0 Å². The number of nitrogens with zero attached hydrogens (tertiary/aromatic N) is 1. The van der Waals surface area contributed by atoms with Gasteiger partial charge in [-0.2, -0.15) is 4.98 Å². The van der Waals surface area contributed by atoms with Gasteiger partial charge in [-0.15, -0.1) is 0 Å². The zero-order valence-corrected chi connectivity index (χ0v) is 15.4. The molecule has 2 aromatic carbocycles. The van der Waals surface area contributed by atoms with Crippen LogP contribution < -0.4 is 10.1 Å². The zero-order valence-electron chi connectivity index (χ0n) is 14.6. The summed E-state index contributed by atoms with van der Waals surface area (Å²) >= 11 is 0. The van der Waals surface area contributed by atoms with Crippen molar-refractivity contribution in [3.8, 4) is 17.2 Å². The normalized spacial score (nSPS) is 11.3. The largest absolute Gasteiger partial charge is 0.494 e. The second kappa shape index (κ2) is 7.61. The van der Waals surface area contributed by atoms with Crippen molar-refractivity contribution in [3.05, 3.63) is 54.6 Å². The maximum absolute atomic E-state index is 12.9. The van der Waals surface area contributed by atoms with Gasteiger partial charge in [0.25, 0.3) is 0 Å². The molecule has 0 saturated heterocycles. The van der Waals surface area contributed by atoms with Crippen LogP contribution in [0.4, 0.5) is 5.88 Å². The van der Waals surface area contributed by atoms with Crippen LogP contribution in [0.1, 0.15) is 13.8 Å². The maximum Gasteiger partial charge on any atom is 0.233 e. The Morgan fingerprint density at radius 2 is 1.73 bits per heavy atom. The second-order valence-corrected chi connectivity index (χ2v) is 7.32. The molecule has 1 heterocycles. The Morgan fingerprint density at radius 3 is 2.35 bits per heavy atom. The van der Waals surface area contributed by atoms with Crippen molar-refractivity contribution in [2.75, 3.05) is 18.5 Å². The van der Waals surface area contributed by atoms with E-state index in [1.54, 1.807) is 42.5 Å². The third kappa shape index (κ3) is 3.57. The lowest BCUT2D eigenvalue weighted by Gasteiger charge is -2.03. The highest BCUT2D eigenvalue weighted by atomic mass is 32.2. The minimum absolute atomic E-state index is 0.116. The fraction of sp³-hybridized carbons (Fsp3) is 0.211. The van der Waals surface area contributed by atoms with Gasteiger partial charge < -0.3 is 14.5 Å². The van der Waals surface area contributed by atoms with Crippen LogP contribution in [0.25, 0.3) is 11.5 Å². The van der Waals surface area contributed by atoms with E-state index in [0.717, 1.165) is 5.75 Å². The molecule has 0 saturated carbocycles. The molecule has 0 unspecified atom stereocenters. The molecule has 6 nitrogen and oxygen atoms in total. The van der Waals surface area contributed by atoms with E-state index in [1.807, 2.05) is 13.8 Å². The Bertz CT molecular complexity index is 965. The molecule has 0 aliphatic carbocycles. The Kier molecular flexibility index (Phi) is 5.27. The van der Waals surface area contributed by atoms with Crippen LogP contribution in [0, 0.1) is 0 Å². The van der Waals surface area contributed by atoms with Crippen molar-refractivity contribution in [2.45, 2.75) is 23.8 Å². The predicted molar refractivity (Wildman–Crippen MR) is 99.2 cm³/mol. The summed E-state index contributed by atoms with van der Waals surface area (Å²) in [7, 11) is -3.79. The minimum atomic E-state index is -3.79. The molecule has 3 aromatic rings. The van der Waals surface area contributed by atoms with Gasteiger partial charge in [0.2, 0.25) is 26.6 Å². The van der Waals surface area contributed by atoms with E-state index in [4.69, 9.17) is 9.15 Å². The van der Waals surface area contributed by atoms with E-state index in [1.165, 1.54) is 12.1 Å². The Balaban J connectivity index is 2.04. The smallest absolute Gasteiger partial charge is 0.233 e. The van der Waals surface area contributed by atoms with Crippen molar-refractivity contribution in [3.63, 3.8) is 0 Å². The van der Waals surface area contributed by atoms with E-state index in [9.17, 15) is 8.42 Å². The van der Waals surface area contributed by atoms with Crippen LogP contribution in [0.2, 0.25) is 0 Å². The molecule has 0 aliphatic rings. The number of hydrogen-bond donors (Lipinski definition) is 1. The lowest BCUT2D eigenvalue weighted by Crippen LogP contribution is -2.06. The van der Waals surface area contributed by atoms with Gasteiger partial charge >= 0.3 is 0 Å². The molecule has 0 amide bonds. The van der Waals surface area contributed by atoms with E-state index in [-0.39, 0.29) is 21.7 Å². The highest BCUT2D eigenvalue weighted by Gasteiger charge is 2.28. The molecule has 1 N–H and O–H groups in total. The average molecular weight is 372 g/mol. The number of benzene rings is 2. The summed E-state index contributed by atoms with van der Waals surface area (Å²) in [5, 5.41) is 2.82. The first-order valence-corrected chi connectivity index (χ1v) is 9.82. The number of ether oxygens (including phenoxy) is 1. The zero-order chi connectivity index (χ0) is 18.6. The van der Waals surface area contributed by atoms with Gasteiger partial charge in [0, 0.05) is 12.1 Å². The SMILES string of the molecule is CCNc1oc(-c2ccc(OCC)cc2)nc1S(=O)(=O)c1ccccc1. The minimum Gasteiger partial charge on any atom is -0.494 e. The molecule has 1 aromatic heterocycles. The van der Waals surface area contributed by atoms with Crippen LogP contribution in [0.5, 0.6) is 5.75 Å². The van der Waals surface area contributed by atoms with Crippen LogP contribution in [-0.2, 0) is 9.84 Å². The summed E-state index contributed by atoms with van der Waals surface area (Å²) in [6.45, 7) is 4.85. The Hall–Kier alpha value is -2.80. The Labute approximate surface area is 152 Å². The van der Waals surface area contributed by atoms with Crippen molar-refractivity contribution in [1.82, 2.24) is 4.98 Å². The molecule has 26 heavy (non-hydrogen) atoms. The summed E-state index contributed by atoms with van der Waals surface area (Å²) in [6, 6.07) is 15.3.